The summed E-state index contributed by atoms with van der Waals surface area (Å²) in [5.74, 6) is 0.757. The van der Waals surface area contributed by atoms with Crippen molar-refractivity contribution in [1.29, 1.82) is 0 Å². The van der Waals surface area contributed by atoms with Gasteiger partial charge < -0.3 is 14.7 Å². The fraction of sp³-hybridized carbons (Fsp3) is 0.600. The van der Waals surface area contributed by atoms with Crippen molar-refractivity contribution in [3.8, 4) is 0 Å². The maximum Gasteiger partial charge on any atom is 0.317 e. The van der Waals surface area contributed by atoms with Gasteiger partial charge >= 0.3 is 6.03 Å². The summed E-state index contributed by atoms with van der Waals surface area (Å²) >= 11 is 0. The van der Waals surface area contributed by atoms with Crippen LogP contribution in [0.3, 0.4) is 0 Å². The van der Waals surface area contributed by atoms with Crippen molar-refractivity contribution in [2.45, 2.75) is 26.8 Å². The Hall–Kier alpha value is -1.52. The minimum Gasteiger partial charge on any atom is -0.361 e. The Kier molecular flexibility index (Phi) is 4.15. The van der Waals surface area contributed by atoms with Gasteiger partial charge in [-0.1, -0.05) is 12.1 Å². The SMILES string of the molecule is CCCNC(=O)N(C)Cc1cc(C)on1. The molecule has 84 valence electrons. The highest BCUT2D eigenvalue weighted by Crippen LogP contribution is 2.04. The van der Waals surface area contributed by atoms with Crippen molar-refractivity contribution in [3.63, 3.8) is 0 Å². The van der Waals surface area contributed by atoms with E-state index in [1.54, 1.807) is 11.9 Å². The minimum absolute atomic E-state index is 0.0856. The summed E-state index contributed by atoms with van der Waals surface area (Å²) in [6.45, 7) is 5.00. The molecule has 1 aromatic heterocycles. The predicted octanol–water partition coefficient (Wildman–Crippen LogP) is 1.53. The van der Waals surface area contributed by atoms with E-state index in [9.17, 15) is 4.79 Å². The second-order valence-corrected chi connectivity index (χ2v) is 3.52. The second kappa shape index (κ2) is 5.38. The Morgan fingerprint density at radius 1 is 1.67 bits per heavy atom. The molecular formula is C10H17N3O2. The highest BCUT2D eigenvalue weighted by molar-refractivity contribution is 5.73. The number of hydrogen-bond donors (Lipinski definition) is 1. The van der Waals surface area contributed by atoms with Gasteiger partial charge in [-0.2, -0.15) is 0 Å². The first-order valence-corrected chi connectivity index (χ1v) is 5.04. The van der Waals surface area contributed by atoms with Crippen molar-refractivity contribution >= 4 is 6.03 Å². The zero-order valence-corrected chi connectivity index (χ0v) is 9.41. The quantitative estimate of drug-likeness (QED) is 0.821. The zero-order chi connectivity index (χ0) is 11.3. The van der Waals surface area contributed by atoms with E-state index in [4.69, 9.17) is 4.52 Å². The molecule has 0 spiro atoms. The van der Waals surface area contributed by atoms with Crippen LogP contribution in [0.5, 0.6) is 0 Å². The highest BCUT2D eigenvalue weighted by Gasteiger charge is 2.10. The van der Waals surface area contributed by atoms with Crippen LogP contribution in [0.1, 0.15) is 24.8 Å². The molecule has 0 saturated heterocycles. The van der Waals surface area contributed by atoms with Crippen LogP contribution in [0.25, 0.3) is 0 Å². The number of carbonyl (C=O) groups excluding carboxylic acids is 1. The summed E-state index contributed by atoms with van der Waals surface area (Å²) in [7, 11) is 1.73. The van der Waals surface area contributed by atoms with Gasteiger partial charge in [0.1, 0.15) is 11.5 Å². The summed E-state index contributed by atoms with van der Waals surface area (Å²) in [6.07, 6.45) is 0.933. The molecular weight excluding hydrogens is 194 g/mol. The first-order chi connectivity index (χ1) is 7.13. The molecule has 1 aromatic rings. The number of aryl methyl sites for hydroxylation is 1. The lowest BCUT2D eigenvalue weighted by molar-refractivity contribution is 0.205. The molecule has 0 aliphatic carbocycles. The number of rotatable bonds is 4. The lowest BCUT2D eigenvalue weighted by atomic mass is 10.3. The van der Waals surface area contributed by atoms with Crippen LogP contribution in [0.2, 0.25) is 0 Å². The Labute approximate surface area is 89.4 Å². The normalized spacial score (nSPS) is 10.1. The lowest BCUT2D eigenvalue weighted by Crippen LogP contribution is -2.37. The van der Waals surface area contributed by atoms with E-state index in [1.807, 2.05) is 19.9 Å². The third-order valence-electron chi connectivity index (χ3n) is 1.95. The van der Waals surface area contributed by atoms with Crippen LogP contribution < -0.4 is 5.32 Å². The fourth-order valence-corrected chi connectivity index (χ4v) is 1.17. The topological polar surface area (TPSA) is 58.4 Å². The van der Waals surface area contributed by atoms with Crippen molar-refractivity contribution in [2.75, 3.05) is 13.6 Å². The summed E-state index contributed by atoms with van der Waals surface area (Å²) in [5, 5.41) is 6.61. The summed E-state index contributed by atoms with van der Waals surface area (Å²) < 4.78 is 4.92. The Bertz CT molecular complexity index is 322. The lowest BCUT2D eigenvalue weighted by Gasteiger charge is -2.15. The van der Waals surface area contributed by atoms with Crippen LogP contribution in [0, 0.1) is 6.92 Å². The molecule has 0 aliphatic rings. The maximum absolute atomic E-state index is 11.5. The molecule has 2 amide bonds. The Morgan fingerprint density at radius 2 is 2.40 bits per heavy atom. The molecule has 0 aromatic carbocycles. The highest BCUT2D eigenvalue weighted by atomic mass is 16.5. The van der Waals surface area contributed by atoms with Crippen molar-refractivity contribution in [2.24, 2.45) is 0 Å². The predicted molar refractivity (Wildman–Crippen MR) is 56.4 cm³/mol. The van der Waals surface area contributed by atoms with Crippen molar-refractivity contribution < 1.29 is 9.32 Å². The van der Waals surface area contributed by atoms with E-state index in [1.165, 1.54) is 0 Å². The van der Waals surface area contributed by atoms with Crippen LogP contribution in [-0.2, 0) is 6.54 Å². The summed E-state index contributed by atoms with van der Waals surface area (Å²) in [6, 6.07) is 1.74. The molecule has 5 nitrogen and oxygen atoms in total. The maximum atomic E-state index is 11.5. The smallest absolute Gasteiger partial charge is 0.317 e. The van der Waals surface area contributed by atoms with Gasteiger partial charge in [0.05, 0.1) is 6.54 Å². The summed E-state index contributed by atoms with van der Waals surface area (Å²) in [4.78, 5) is 13.0. The molecule has 1 heterocycles. The molecule has 0 saturated carbocycles. The molecule has 0 aliphatic heterocycles. The standard InChI is InChI=1S/C10H17N3O2/c1-4-5-11-10(14)13(3)7-9-6-8(2)15-12-9/h6H,4-5,7H2,1-3H3,(H,11,14). The number of carbonyl (C=O) groups is 1. The van der Waals surface area contributed by atoms with Gasteiger partial charge in [0, 0.05) is 19.7 Å². The minimum atomic E-state index is -0.0856. The second-order valence-electron chi connectivity index (χ2n) is 3.52. The third-order valence-corrected chi connectivity index (χ3v) is 1.95. The average Bonchev–Trinajstić information content (AvgIpc) is 2.60. The number of aromatic nitrogens is 1. The monoisotopic (exact) mass is 211 g/mol. The molecule has 5 heteroatoms. The third kappa shape index (κ3) is 3.61. The van der Waals surface area contributed by atoms with Crippen molar-refractivity contribution in [1.82, 2.24) is 15.4 Å². The van der Waals surface area contributed by atoms with E-state index in [0.717, 1.165) is 17.9 Å². The summed E-state index contributed by atoms with van der Waals surface area (Å²) in [5.41, 5.74) is 0.765. The van der Waals surface area contributed by atoms with Crippen LogP contribution in [0.15, 0.2) is 10.6 Å². The van der Waals surface area contributed by atoms with E-state index in [0.29, 0.717) is 13.1 Å². The number of nitrogens with one attached hydrogen (secondary N) is 1. The zero-order valence-electron chi connectivity index (χ0n) is 9.41. The first-order valence-electron chi connectivity index (χ1n) is 5.04. The molecule has 15 heavy (non-hydrogen) atoms. The van der Waals surface area contributed by atoms with E-state index < -0.39 is 0 Å². The number of amides is 2. The van der Waals surface area contributed by atoms with Crippen LogP contribution in [-0.4, -0.2) is 29.7 Å². The number of hydrogen-bond acceptors (Lipinski definition) is 3. The van der Waals surface area contributed by atoms with Gasteiger partial charge in [0.15, 0.2) is 0 Å². The molecule has 1 rings (SSSR count). The first kappa shape index (κ1) is 11.6. The van der Waals surface area contributed by atoms with Gasteiger partial charge in [-0.05, 0) is 13.3 Å². The van der Waals surface area contributed by atoms with Crippen LogP contribution in [0.4, 0.5) is 4.79 Å². The van der Waals surface area contributed by atoms with Gasteiger partial charge in [-0.3, -0.25) is 0 Å². The van der Waals surface area contributed by atoms with E-state index in [-0.39, 0.29) is 6.03 Å². The Morgan fingerprint density at radius 3 is 2.93 bits per heavy atom. The van der Waals surface area contributed by atoms with E-state index in [2.05, 4.69) is 10.5 Å². The fourth-order valence-electron chi connectivity index (χ4n) is 1.17. The van der Waals surface area contributed by atoms with Crippen LogP contribution >= 0.6 is 0 Å². The molecule has 0 bridgehead atoms. The average molecular weight is 211 g/mol. The molecule has 1 N–H and O–H groups in total. The molecule has 0 fully saturated rings. The number of urea groups is 1. The molecule has 0 unspecified atom stereocenters. The number of nitrogens with zero attached hydrogens (tertiary/aromatic N) is 2. The van der Waals surface area contributed by atoms with Gasteiger partial charge in [-0.25, -0.2) is 4.79 Å². The van der Waals surface area contributed by atoms with Gasteiger partial charge in [-0.15, -0.1) is 0 Å². The van der Waals surface area contributed by atoms with E-state index >= 15 is 0 Å². The molecule has 0 radical (unpaired) electrons. The largest absolute Gasteiger partial charge is 0.361 e. The molecule has 0 atom stereocenters. The van der Waals surface area contributed by atoms with Crippen molar-refractivity contribution in [3.05, 3.63) is 17.5 Å². The Balaban J connectivity index is 2.41. The van der Waals surface area contributed by atoms with Gasteiger partial charge in [0.25, 0.3) is 0 Å². The van der Waals surface area contributed by atoms with Gasteiger partial charge in [0.2, 0.25) is 0 Å².